The van der Waals surface area contributed by atoms with E-state index in [2.05, 4.69) is 86.8 Å². The first-order valence-corrected chi connectivity index (χ1v) is 33.2. The van der Waals surface area contributed by atoms with Crippen LogP contribution in [0.15, 0.2) is 72.9 Å². The molecule has 1 amide bonds. The summed E-state index contributed by atoms with van der Waals surface area (Å²) < 4.78 is 30.3. The zero-order valence-electron chi connectivity index (χ0n) is 50.4. The number of nitrogens with one attached hydrogen (secondary N) is 1. The highest BCUT2D eigenvalue weighted by atomic mass is 31.2. The van der Waals surface area contributed by atoms with Crippen LogP contribution in [0, 0.1) is 0 Å². The molecule has 10 heteroatoms. The minimum Gasteiger partial charge on any atom is -0.756 e. The molecular weight excluding hydrogens is 964 g/mol. The van der Waals surface area contributed by atoms with Crippen LogP contribution in [0.25, 0.3) is 0 Å². The van der Waals surface area contributed by atoms with E-state index in [1.165, 1.54) is 161 Å². The molecule has 3 unspecified atom stereocenters. The van der Waals surface area contributed by atoms with Crippen molar-refractivity contribution in [3.63, 3.8) is 0 Å². The van der Waals surface area contributed by atoms with Crippen LogP contribution >= 0.6 is 7.82 Å². The van der Waals surface area contributed by atoms with Crippen LogP contribution in [0.2, 0.25) is 0 Å². The minimum atomic E-state index is -4.71. The highest BCUT2D eigenvalue weighted by molar-refractivity contribution is 7.45. The van der Waals surface area contributed by atoms with Gasteiger partial charge in [0.05, 0.1) is 33.8 Å². The minimum absolute atomic E-state index is 0.0299. The normalized spacial score (nSPS) is 14.1. The number of phosphoric ester groups is 1. The second-order valence-corrected chi connectivity index (χ2v) is 24.0. The lowest BCUT2D eigenvalue weighted by molar-refractivity contribution is -0.870. The zero-order valence-corrected chi connectivity index (χ0v) is 51.3. The standard InChI is InChI=1S/C66H121N2O7P/c1-7-10-13-16-19-22-25-28-30-32-34-36-38-40-43-46-49-52-55-58-65(69)67-63(62-74-76(71,72)73-61-60-68(4,5)6)64(57-54-51-48-45-42-27-24-21-18-15-12-9-3)75-66(70)59-56-53-50-47-44-41-39-37-35-33-31-29-26-23-20-17-14-11-8-2/h20,23,28-31,35,37,41,44,54,57,63-64H,7-19,21-22,24-27,32-34,36,38-40,42-43,45-53,55-56,58-62H2,1-6H3,(H-,67,69,71,72)/b23-20-,30-28+,31-29-,37-35-,44-41-,57-54+. The smallest absolute Gasteiger partial charge is 0.306 e. The third-order valence-electron chi connectivity index (χ3n) is 13.9. The Bertz CT molecular complexity index is 1530. The maximum atomic E-state index is 13.5. The zero-order chi connectivity index (χ0) is 55.7. The van der Waals surface area contributed by atoms with E-state index >= 15 is 0 Å². The number of allylic oxidation sites excluding steroid dienone is 11. The van der Waals surface area contributed by atoms with E-state index in [1.807, 2.05) is 33.3 Å². The number of unbranched alkanes of at least 4 members (excludes halogenated alkanes) is 31. The monoisotopic (exact) mass is 1080 g/mol. The molecule has 0 aromatic rings. The summed E-state index contributed by atoms with van der Waals surface area (Å²) in [4.78, 5) is 40.0. The molecule has 1 N–H and O–H groups in total. The molecule has 9 nitrogen and oxygen atoms in total. The van der Waals surface area contributed by atoms with Gasteiger partial charge in [0.15, 0.2) is 0 Å². The van der Waals surface area contributed by atoms with Gasteiger partial charge in [0.2, 0.25) is 5.91 Å². The summed E-state index contributed by atoms with van der Waals surface area (Å²) in [5, 5.41) is 3.02. The maximum absolute atomic E-state index is 13.5. The van der Waals surface area contributed by atoms with Crippen LogP contribution < -0.4 is 10.2 Å². The SMILES string of the molecule is CCCCC/C=C\C/C=C\C/C=C\C/C=C\CCCCCC(=O)OC(/C=C/CCCCCCCCCCCC)C(COP(=O)([O-])OCC[N+](C)(C)C)NC(=O)CCCCCCCCCCC/C=C/CCCCCCCC. The van der Waals surface area contributed by atoms with Gasteiger partial charge in [-0.25, -0.2) is 0 Å². The molecule has 0 saturated carbocycles. The Morgan fingerprint density at radius 3 is 1.25 bits per heavy atom. The average Bonchev–Trinajstić information content (AvgIpc) is 3.38. The quantitative estimate of drug-likeness (QED) is 0.0212. The summed E-state index contributed by atoms with van der Waals surface area (Å²) in [6.45, 7) is 6.80. The van der Waals surface area contributed by atoms with E-state index in [0.717, 1.165) is 83.5 Å². The predicted molar refractivity (Wildman–Crippen MR) is 325 cm³/mol. The van der Waals surface area contributed by atoms with Crippen LogP contribution in [0.4, 0.5) is 0 Å². The molecule has 0 heterocycles. The molecule has 0 aromatic carbocycles. The van der Waals surface area contributed by atoms with Gasteiger partial charge in [-0.15, -0.1) is 0 Å². The first-order valence-electron chi connectivity index (χ1n) is 31.7. The number of amides is 1. The van der Waals surface area contributed by atoms with Crippen molar-refractivity contribution in [2.24, 2.45) is 0 Å². The Balaban J connectivity index is 5.30. The number of phosphoric acid groups is 1. The fourth-order valence-electron chi connectivity index (χ4n) is 8.91. The van der Waals surface area contributed by atoms with E-state index in [-0.39, 0.29) is 24.9 Å². The molecule has 0 aromatic heterocycles. The Morgan fingerprint density at radius 1 is 0.461 bits per heavy atom. The van der Waals surface area contributed by atoms with Crippen molar-refractivity contribution < 1.29 is 37.3 Å². The molecule has 0 radical (unpaired) electrons. The summed E-state index contributed by atoms with van der Waals surface area (Å²) in [5.41, 5.74) is 0. The van der Waals surface area contributed by atoms with Crippen molar-refractivity contribution in [3.8, 4) is 0 Å². The molecule has 442 valence electrons. The number of esters is 1. The van der Waals surface area contributed by atoms with Crippen LogP contribution in [0.3, 0.4) is 0 Å². The van der Waals surface area contributed by atoms with Crippen molar-refractivity contribution in [3.05, 3.63) is 72.9 Å². The van der Waals surface area contributed by atoms with Gasteiger partial charge < -0.3 is 28.5 Å². The Kier molecular flexibility index (Phi) is 53.9. The van der Waals surface area contributed by atoms with Gasteiger partial charge in [-0.3, -0.25) is 14.2 Å². The third-order valence-corrected chi connectivity index (χ3v) is 14.8. The van der Waals surface area contributed by atoms with Crippen LogP contribution in [0.5, 0.6) is 0 Å². The van der Waals surface area contributed by atoms with E-state index < -0.39 is 26.6 Å². The van der Waals surface area contributed by atoms with Gasteiger partial charge in [0.25, 0.3) is 7.82 Å². The average molecular weight is 1090 g/mol. The van der Waals surface area contributed by atoms with E-state index in [4.69, 9.17) is 13.8 Å². The summed E-state index contributed by atoms with van der Waals surface area (Å²) >= 11 is 0. The van der Waals surface area contributed by atoms with Gasteiger partial charge in [0, 0.05) is 12.8 Å². The van der Waals surface area contributed by atoms with E-state index in [0.29, 0.717) is 23.9 Å². The lowest BCUT2D eigenvalue weighted by atomic mass is 10.0. The fraction of sp³-hybridized carbons (Fsp3) is 0.788. The van der Waals surface area contributed by atoms with Crippen LogP contribution in [0.1, 0.15) is 284 Å². The summed E-state index contributed by atoms with van der Waals surface area (Å²) in [6, 6.07) is -0.905. The van der Waals surface area contributed by atoms with Gasteiger partial charge >= 0.3 is 5.97 Å². The molecule has 0 bridgehead atoms. The molecule has 0 spiro atoms. The molecule has 0 fully saturated rings. The molecule has 0 aliphatic heterocycles. The molecule has 0 saturated heterocycles. The molecule has 76 heavy (non-hydrogen) atoms. The largest absolute Gasteiger partial charge is 0.756 e. The lowest BCUT2D eigenvalue weighted by Gasteiger charge is -2.30. The Morgan fingerprint density at radius 2 is 0.803 bits per heavy atom. The molecule has 3 atom stereocenters. The van der Waals surface area contributed by atoms with E-state index in [1.54, 1.807) is 0 Å². The number of nitrogens with zero attached hydrogens (tertiary/aromatic N) is 1. The summed E-state index contributed by atoms with van der Waals surface area (Å²) in [6.07, 6.45) is 71.5. The maximum Gasteiger partial charge on any atom is 0.306 e. The fourth-order valence-corrected chi connectivity index (χ4v) is 9.63. The number of likely N-dealkylation sites (N-methyl/N-ethyl adjacent to an activating group) is 1. The van der Waals surface area contributed by atoms with Gasteiger partial charge in [-0.1, -0.05) is 242 Å². The second-order valence-electron chi connectivity index (χ2n) is 22.6. The predicted octanol–water partition coefficient (Wildman–Crippen LogP) is 19.0. The van der Waals surface area contributed by atoms with Crippen molar-refractivity contribution >= 4 is 19.7 Å². The number of carbonyl (C=O) groups is 2. The third kappa shape index (κ3) is 56.2. The van der Waals surface area contributed by atoms with Crippen molar-refractivity contribution in [2.45, 2.75) is 296 Å². The highest BCUT2D eigenvalue weighted by Gasteiger charge is 2.27. The lowest BCUT2D eigenvalue weighted by Crippen LogP contribution is -2.47. The Hall–Kier alpha value is -2.55. The van der Waals surface area contributed by atoms with Crippen molar-refractivity contribution in [2.75, 3.05) is 40.9 Å². The van der Waals surface area contributed by atoms with Crippen molar-refractivity contribution in [1.82, 2.24) is 5.32 Å². The molecule has 0 aliphatic carbocycles. The summed E-state index contributed by atoms with van der Waals surface area (Å²) in [7, 11) is 1.16. The van der Waals surface area contributed by atoms with Gasteiger partial charge in [0.1, 0.15) is 19.3 Å². The van der Waals surface area contributed by atoms with Gasteiger partial charge in [-0.05, 0) is 102 Å². The number of rotatable bonds is 57. The number of hydrogen-bond donors (Lipinski definition) is 1. The highest BCUT2D eigenvalue weighted by Crippen LogP contribution is 2.38. The van der Waals surface area contributed by atoms with Gasteiger partial charge in [-0.2, -0.15) is 0 Å². The number of hydrogen-bond acceptors (Lipinski definition) is 7. The number of carbonyl (C=O) groups excluding carboxylic acids is 2. The molecule has 0 rings (SSSR count). The van der Waals surface area contributed by atoms with Crippen molar-refractivity contribution in [1.29, 1.82) is 0 Å². The Labute approximate surface area is 470 Å². The number of ether oxygens (including phenoxy) is 1. The first-order chi connectivity index (χ1) is 36.9. The first kappa shape index (κ1) is 73.5. The van der Waals surface area contributed by atoms with Crippen LogP contribution in [-0.2, 0) is 27.9 Å². The topological polar surface area (TPSA) is 114 Å². The molecular formula is C66H121N2O7P. The summed E-state index contributed by atoms with van der Waals surface area (Å²) in [5.74, 6) is -0.576. The number of quaternary nitrogens is 1. The second kappa shape index (κ2) is 55.8. The van der Waals surface area contributed by atoms with Crippen LogP contribution in [-0.4, -0.2) is 69.4 Å². The molecule has 0 aliphatic rings. The van der Waals surface area contributed by atoms with E-state index in [9.17, 15) is 19.0 Å².